The van der Waals surface area contributed by atoms with Gasteiger partial charge in [0.15, 0.2) is 0 Å². The van der Waals surface area contributed by atoms with Crippen LogP contribution in [0.5, 0.6) is 0 Å². The van der Waals surface area contributed by atoms with E-state index < -0.39 is 18.2 Å². The number of halogens is 1. The molecule has 0 saturated heterocycles. The minimum Gasteiger partial charge on any atom is -0.390 e. The Balaban J connectivity index is 3.75. The van der Waals surface area contributed by atoms with Crippen molar-refractivity contribution in [3.05, 3.63) is 0 Å². The Hall–Kier alpha value is -0.440. The van der Waals surface area contributed by atoms with E-state index in [4.69, 9.17) is 5.11 Å². The number of aldehydes is 1. The Kier molecular flexibility index (Phi) is 3.50. The van der Waals surface area contributed by atoms with Crippen molar-refractivity contribution in [2.75, 3.05) is 6.67 Å². The Morgan fingerprint density at radius 2 is 2.20 bits per heavy atom. The Morgan fingerprint density at radius 1 is 1.70 bits per heavy atom. The summed E-state index contributed by atoms with van der Waals surface area (Å²) < 4.78 is 11.7. The van der Waals surface area contributed by atoms with Crippen molar-refractivity contribution in [2.45, 2.75) is 26.4 Å². The lowest BCUT2D eigenvalue weighted by molar-refractivity contribution is -0.116. The zero-order chi connectivity index (χ0) is 8.20. The fraction of sp³-hybridized carbons (Fsp3) is 0.857. The van der Waals surface area contributed by atoms with E-state index >= 15 is 0 Å². The van der Waals surface area contributed by atoms with E-state index in [1.165, 1.54) is 0 Å². The number of carbonyl (C=O) groups is 1. The summed E-state index contributed by atoms with van der Waals surface area (Å²) in [4.78, 5) is 10.2. The predicted molar refractivity (Wildman–Crippen MR) is 36.4 cm³/mol. The summed E-state index contributed by atoms with van der Waals surface area (Å²) in [7, 11) is 0. The second-order valence-electron chi connectivity index (χ2n) is 3.12. The van der Waals surface area contributed by atoms with Gasteiger partial charge >= 0.3 is 0 Å². The molecule has 0 aliphatic heterocycles. The average Bonchev–Trinajstić information content (AvgIpc) is 1.87. The lowest BCUT2D eigenvalue weighted by atomic mass is 9.89. The van der Waals surface area contributed by atoms with E-state index in [1.807, 2.05) is 0 Å². The maximum absolute atomic E-state index is 11.7. The molecular formula is C7H13FO2. The molecule has 1 atom stereocenters. The minimum absolute atomic E-state index is 0.188. The zero-order valence-corrected chi connectivity index (χ0v) is 6.30. The van der Waals surface area contributed by atoms with Crippen molar-refractivity contribution in [3.63, 3.8) is 0 Å². The normalized spacial score (nSPS) is 14.8. The van der Waals surface area contributed by atoms with Crippen LogP contribution in [0.1, 0.15) is 20.3 Å². The van der Waals surface area contributed by atoms with Crippen LogP contribution in [0.2, 0.25) is 0 Å². The van der Waals surface area contributed by atoms with E-state index in [0.717, 1.165) is 6.29 Å². The second-order valence-corrected chi connectivity index (χ2v) is 3.12. The SMILES string of the molecule is CC(C)(C=O)CC(O)CF. The van der Waals surface area contributed by atoms with E-state index in [2.05, 4.69) is 0 Å². The van der Waals surface area contributed by atoms with Crippen LogP contribution < -0.4 is 0 Å². The highest BCUT2D eigenvalue weighted by Crippen LogP contribution is 2.18. The molecule has 1 N–H and O–H groups in total. The van der Waals surface area contributed by atoms with Crippen molar-refractivity contribution in [1.29, 1.82) is 0 Å². The Morgan fingerprint density at radius 3 is 2.50 bits per heavy atom. The molecule has 10 heavy (non-hydrogen) atoms. The summed E-state index contributed by atoms with van der Waals surface area (Å²) in [5.74, 6) is 0. The summed E-state index contributed by atoms with van der Waals surface area (Å²) in [5.41, 5.74) is -0.606. The first-order valence-electron chi connectivity index (χ1n) is 3.22. The fourth-order valence-corrected chi connectivity index (χ4v) is 0.710. The first-order chi connectivity index (χ1) is 4.52. The van der Waals surface area contributed by atoms with Gasteiger partial charge in [-0.2, -0.15) is 0 Å². The molecule has 0 saturated carbocycles. The highest BCUT2D eigenvalue weighted by atomic mass is 19.1. The molecule has 0 rings (SSSR count). The topological polar surface area (TPSA) is 37.3 Å². The number of carbonyl (C=O) groups excluding carboxylic acids is 1. The number of hydrogen-bond acceptors (Lipinski definition) is 2. The summed E-state index contributed by atoms with van der Waals surface area (Å²) in [6.07, 6.45) is -0.0843. The monoisotopic (exact) mass is 148 g/mol. The number of rotatable bonds is 4. The van der Waals surface area contributed by atoms with Crippen LogP contribution in [0.3, 0.4) is 0 Å². The third kappa shape index (κ3) is 3.56. The molecule has 3 heteroatoms. The first kappa shape index (κ1) is 9.56. The van der Waals surface area contributed by atoms with Gasteiger partial charge < -0.3 is 9.90 Å². The largest absolute Gasteiger partial charge is 0.390 e. The van der Waals surface area contributed by atoms with Crippen molar-refractivity contribution in [1.82, 2.24) is 0 Å². The predicted octanol–water partition coefficient (Wildman–Crippen LogP) is 0.932. The smallest absolute Gasteiger partial charge is 0.125 e. The van der Waals surface area contributed by atoms with Crippen LogP contribution in [0, 0.1) is 5.41 Å². The number of aliphatic hydroxyl groups excluding tert-OH is 1. The molecule has 0 aliphatic carbocycles. The standard InChI is InChI=1S/C7H13FO2/c1-7(2,5-9)3-6(10)4-8/h5-6,10H,3-4H2,1-2H3. The minimum atomic E-state index is -1.000. The molecular weight excluding hydrogens is 135 g/mol. The molecule has 2 nitrogen and oxygen atoms in total. The molecule has 0 aromatic carbocycles. The van der Waals surface area contributed by atoms with Crippen LogP contribution in [-0.4, -0.2) is 24.2 Å². The van der Waals surface area contributed by atoms with Crippen molar-refractivity contribution in [3.8, 4) is 0 Å². The molecule has 0 aliphatic rings. The van der Waals surface area contributed by atoms with Gasteiger partial charge in [-0.05, 0) is 6.42 Å². The van der Waals surface area contributed by atoms with Gasteiger partial charge in [-0.3, -0.25) is 0 Å². The lowest BCUT2D eigenvalue weighted by Gasteiger charge is -2.18. The van der Waals surface area contributed by atoms with E-state index in [-0.39, 0.29) is 6.42 Å². The van der Waals surface area contributed by atoms with Crippen LogP contribution in [0.25, 0.3) is 0 Å². The van der Waals surface area contributed by atoms with Gasteiger partial charge in [-0.15, -0.1) is 0 Å². The quantitative estimate of drug-likeness (QED) is 0.602. The Bertz CT molecular complexity index is 112. The number of aliphatic hydroxyl groups is 1. The second kappa shape index (κ2) is 3.66. The van der Waals surface area contributed by atoms with E-state index in [9.17, 15) is 9.18 Å². The van der Waals surface area contributed by atoms with Crippen LogP contribution >= 0.6 is 0 Å². The molecule has 0 aromatic rings. The molecule has 0 radical (unpaired) electrons. The summed E-state index contributed by atoms with van der Waals surface area (Å²) in [6.45, 7) is 2.55. The number of alkyl halides is 1. The molecule has 0 bridgehead atoms. The molecule has 60 valence electrons. The third-order valence-corrected chi connectivity index (χ3v) is 1.26. The van der Waals surface area contributed by atoms with Crippen LogP contribution in [0.15, 0.2) is 0 Å². The first-order valence-corrected chi connectivity index (χ1v) is 3.22. The van der Waals surface area contributed by atoms with Crippen molar-refractivity contribution >= 4 is 6.29 Å². The molecule has 0 heterocycles. The number of hydrogen-bond donors (Lipinski definition) is 1. The maximum Gasteiger partial charge on any atom is 0.125 e. The summed E-state index contributed by atoms with van der Waals surface area (Å²) in [6, 6.07) is 0. The average molecular weight is 148 g/mol. The van der Waals surface area contributed by atoms with Gasteiger partial charge in [0, 0.05) is 5.41 Å². The van der Waals surface area contributed by atoms with E-state index in [0.29, 0.717) is 0 Å². The van der Waals surface area contributed by atoms with Crippen molar-refractivity contribution < 1.29 is 14.3 Å². The van der Waals surface area contributed by atoms with Gasteiger partial charge in [-0.25, -0.2) is 4.39 Å². The molecule has 0 fully saturated rings. The van der Waals surface area contributed by atoms with Gasteiger partial charge in [-0.1, -0.05) is 13.8 Å². The molecule has 0 amide bonds. The zero-order valence-electron chi connectivity index (χ0n) is 6.30. The summed E-state index contributed by atoms with van der Waals surface area (Å²) in [5, 5.41) is 8.79. The maximum atomic E-state index is 11.7. The van der Waals surface area contributed by atoms with Gasteiger partial charge in [0.1, 0.15) is 13.0 Å². The van der Waals surface area contributed by atoms with Crippen LogP contribution in [-0.2, 0) is 4.79 Å². The van der Waals surface area contributed by atoms with Gasteiger partial charge in [0.25, 0.3) is 0 Å². The lowest BCUT2D eigenvalue weighted by Crippen LogP contribution is -2.22. The molecule has 0 aromatic heterocycles. The Labute approximate surface area is 60.1 Å². The van der Waals surface area contributed by atoms with Gasteiger partial charge in [0.05, 0.1) is 6.10 Å². The summed E-state index contributed by atoms with van der Waals surface area (Å²) >= 11 is 0. The van der Waals surface area contributed by atoms with E-state index in [1.54, 1.807) is 13.8 Å². The molecule has 0 spiro atoms. The highest BCUT2D eigenvalue weighted by Gasteiger charge is 2.20. The fourth-order valence-electron chi connectivity index (χ4n) is 0.710. The third-order valence-electron chi connectivity index (χ3n) is 1.26. The highest BCUT2D eigenvalue weighted by molar-refractivity contribution is 5.57. The van der Waals surface area contributed by atoms with Gasteiger partial charge in [0.2, 0.25) is 0 Å². The van der Waals surface area contributed by atoms with Crippen LogP contribution in [0.4, 0.5) is 4.39 Å². The molecule has 1 unspecified atom stereocenters. The van der Waals surface area contributed by atoms with Crippen molar-refractivity contribution in [2.24, 2.45) is 5.41 Å².